The first-order chi connectivity index (χ1) is 6.53. The summed E-state index contributed by atoms with van der Waals surface area (Å²) in [6.45, 7) is 0. The van der Waals surface area contributed by atoms with Gasteiger partial charge in [-0.25, -0.2) is 0 Å². The molecule has 2 N–H and O–H groups in total. The summed E-state index contributed by atoms with van der Waals surface area (Å²) in [7, 11) is -2.66. The number of hydrogen-bond donors (Lipinski definition) is 1. The molecule has 1 aliphatic heterocycles. The van der Waals surface area contributed by atoms with Gasteiger partial charge in [0, 0.05) is 0 Å². The van der Waals surface area contributed by atoms with E-state index in [-0.39, 0.29) is 22.9 Å². The van der Waals surface area contributed by atoms with Crippen molar-refractivity contribution in [3.8, 4) is 17.2 Å². The normalized spacial score (nSPS) is 16.6. The monoisotopic (exact) mass is 217 g/mol. The molecule has 1 aliphatic rings. The molecule has 7 heteroatoms. The fraction of sp³-hybridized carbons (Fsp3) is 0.143. The molecule has 0 atom stereocenters. The van der Waals surface area contributed by atoms with Crippen molar-refractivity contribution in [2.45, 2.75) is 0 Å². The van der Waals surface area contributed by atoms with Crippen LogP contribution in [0.15, 0.2) is 12.1 Å². The smallest absolute Gasteiger partial charge is 0.493 e. The molecule has 76 valence electrons. The summed E-state index contributed by atoms with van der Waals surface area (Å²) < 4.78 is 35.9. The van der Waals surface area contributed by atoms with Crippen molar-refractivity contribution in [3.05, 3.63) is 12.1 Å². The van der Waals surface area contributed by atoms with Gasteiger partial charge < -0.3 is 18.8 Å². The van der Waals surface area contributed by atoms with Gasteiger partial charge in [0.05, 0.1) is 7.11 Å². The average molecular weight is 217 g/mol. The minimum atomic E-state index is -4.04. The predicted molar refractivity (Wildman–Crippen MR) is 47.6 cm³/mol. The van der Waals surface area contributed by atoms with Crippen molar-refractivity contribution < 1.29 is 21.5 Å². The Bertz CT molecular complexity index is 481. The largest absolute Gasteiger partial charge is 0.501 e. The molecular formula is C7H7NO5S. The molecule has 2 rings (SSSR count). The molecule has 1 aromatic rings. The van der Waals surface area contributed by atoms with Crippen LogP contribution in [0.2, 0.25) is 0 Å². The minimum Gasteiger partial charge on any atom is -0.493 e. The molecule has 0 amide bonds. The van der Waals surface area contributed by atoms with Gasteiger partial charge in [-0.2, -0.15) is 0 Å². The topological polar surface area (TPSA) is 87.9 Å². The van der Waals surface area contributed by atoms with Crippen molar-refractivity contribution in [2.24, 2.45) is 0 Å². The highest BCUT2D eigenvalue weighted by atomic mass is 32.3. The number of nitrogen functional groups attached to an aromatic ring is 1. The predicted octanol–water partition coefficient (Wildman–Crippen LogP) is 0.293. The number of fused-ring (bicyclic) bond motifs is 2. The van der Waals surface area contributed by atoms with Crippen LogP contribution in [0.1, 0.15) is 0 Å². The highest BCUT2D eigenvalue weighted by Gasteiger charge is 2.29. The first kappa shape index (κ1) is 8.95. The van der Waals surface area contributed by atoms with E-state index in [1.165, 1.54) is 19.2 Å². The minimum absolute atomic E-state index is 0.0312. The maximum absolute atomic E-state index is 11.0. The third-order valence-corrected chi connectivity index (χ3v) is 2.47. The zero-order valence-electron chi connectivity index (χ0n) is 7.18. The van der Waals surface area contributed by atoms with Gasteiger partial charge in [-0.15, -0.1) is 8.42 Å². The van der Waals surface area contributed by atoms with Gasteiger partial charge in [-0.1, -0.05) is 0 Å². The van der Waals surface area contributed by atoms with Gasteiger partial charge >= 0.3 is 10.4 Å². The van der Waals surface area contributed by atoms with E-state index in [9.17, 15) is 8.42 Å². The summed E-state index contributed by atoms with van der Waals surface area (Å²) >= 11 is 0. The number of anilines is 1. The molecule has 0 aliphatic carbocycles. The third kappa shape index (κ3) is 1.22. The van der Waals surface area contributed by atoms with Gasteiger partial charge in [0.15, 0.2) is 11.5 Å². The Morgan fingerprint density at radius 1 is 1.36 bits per heavy atom. The maximum atomic E-state index is 11.0. The summed E-state index contributed by atoms with van der Waals surface area (Å²) in [6.07, 6.45) is 0. The van der Waals surface area contributed by atoms with E-state index in [2.05, 4.69) is 8.37 Å². The van der Waals surface area contributed by atoms with Crippen molar-refractivity contribution in [2.75, 3.05) is 12.8 Å². The van der Waals surface area contributed by atoms with Gasteiger partial charge in [0.2, 0.25) is 5.75 Å². The van der Waals surface area contributed by atoms with E-state index in [0.717, 1.165) is 0 Å². The van der Waals surface area contributed by atoms with E-state index in [4.69, 9.17) is 10.5 Å². The number of methoxy groups -OCH3 is 1. The van der Waals surface area contributed by atoms with Crippen LogP contribution < -0.4 is 18.8 Å². The third-order valence-electron chi connectivity index (χ3n) is 1.72. The number of rotatable bonds is 1. The van der Waals surface area contributed by atoms with Crippen molar-refractivity contribution >= 4 is 16.1 Å². The van der Waals surface area contributed by atoms with Crippen molar-refractivity contribution in [3.63, 3.8) is 0 Å². The Hall–Kier alpha value is -1.63. The Morgan fingerprint density at radius 2 is 2.07 bits per heavy atom. The molecule has 1 heterocycles. The van der Waals surface area contributed by atoms with Gasteiger partial charge in [-0.3, -0.25) is 0 Å². The van der Waals surface area contributed by atoms with E-state index in [1.807, 2.05) is 0 Å². The molecule has 0 fully saturated rings. The highest BCUT2D eigenvalue weighted by Crippen LogP contribution is 2.44. The van der Waals surface area contributed by atoms with E-state index >= 15 is 0 Å². The second-order valence-electron chi connectivity index (χ2n) is 2.58. The van der Waals surface area contributed by atoms with E-state index in [0.29, 0.717) is 0 Å². The Balaban J connectivity index is 2.66. The van der Waals surface area contributed by atoms with Crippen LogP contribution in [0.3, 0.4) is 0 Å². The molecule has 0 unspecified atom stereocenters. The molecule has 0 spiro atoms. The first-order valence-corrected chi connectivity index (χ1v) is 4.97. The summed E-state index contributed by atoms with van der Waals surface area (Å²) in [5.41, 5.74) is 5.66. The van der Waals surface area contributed by atoms with Crippen LogP contribution in [0, 0.1) is 0 Å². The summed E-state index contributed by atoms with van der Waals surface area (Å²) in [4.78, 5) is 0. The lowest BCUT2D eigenvalue weighted by atomic mass is 10.2. The second-order valence-corrected chi connectivity index (χ2v) is 3.73. The zero-order valence-corrected chi connectivity index (χ0v) is 8.00. The van der Waals surface area contributed by atoms with Crippen LogP contribution in [-0.2, 0) is 10.4 Å². The van der Waals surface area contributed by atoms with Crippen LogP contribution in [-0.4, -0.2) is 15.5 Å². The lowest BCUT2D eigenvalue weighted by Crippen LogP contribution is -2.22. The fourth-order valence-electron chi connectivity index (χ4n) is 1.11. The molecule has 1 aromatic carbocycles. The standard InChI is InChI=1S/C7H7NO5S/c1-11-5-3-2-4-6(8)7(5)13-14(9,10)12-4/h2-3H,8H2,1H3. The molecule has 14 heavy (non-hydrogen) atoms. The summed E-state index contributed by atoms with van der Waals surface area (Å²) in [5, 5.41) is 0. The molecular weight excluding hydrogens is 210 g/mol. The maximum Gasteiger partial charge on any atom is 0.501 e. The molecule has 2 bridgehead atoms. The number of hydrogen-bond acceptors (Lipinski definition) is 6. The van der Waals surface area contributed by atoms with Crippen LogP contribution in [0.25, 0.3) is 0 Å². The lowest BCUT2D eigenvalue weighted by Gasteiger charge is -2.19. The number of ether oxygens (including phenoxy) is 1. The lowest BCUT2D eigenvalue weighted by molar-refractivity contribution is 0.352. The molecule has 0 saturated carbocycles. The van der Waals surface area contributed by atoms with Crippen molar-refractivity contribution in [1.82, 2.24) is 0 Å². The second kappa shape index (κ2) is 2.68. The zero-order chi connectivity index (χ0) is 10.3. The van der Waals surface area contributed by atoms with Crippen LogP contribution >= 0.6 is 0 Å². The Morgan fingerprint density at radius 3 is 2.71 bits per heavy atom. The van der Waals surface area contributed by atoms with Crippen molar-refractivity contribution in [1.29, 1.82) is 0 Å². The summed E-state index contributed by atoms with van der Waals surface area (Å²) in [5.74, 6) is 0.265. The molecule has 0 saturated heterocycles. The molecule has 6 nitrogen and oxygen atoms in total. The van der Waals surface area contributed by atoms with E-state index < -0.39 is 10.4 Å². The van der Waals surface area contributed by atoms with Gasteiger partial charge in [0.1, 0.15) is 5.69 Å². The van der Waals surface area contributed by atoms with Gasteiger partial charge in [0.25, 0.3) is 0 Å². The van der Waals surface area contributed by atoms with Crippen LogP contribution in [0.4, 0.5) is 5.69 Å². The highest BCUT2D eigenvalue weighted by molar-refractivity contribution is 7.82. The SMILES string of the molecule is COc1ccc2c(N)c1OS(=O)(=O)O2. The van der Waals surface area contributed by atoms with Gasteiger partial charge in [-0.05, 0) is 12.1 Å². The van der Waals surface area contributed by atoms with Crippen LogP contribution in [0.5, 0.6) is 17.2 Å². The molecule has 0 radical (unpaired) electrons. The Kier molecular flexibility index (Phi) is 1.71. The first-order valence-electron chi connectivity index (χ1n) is 3.64. The number of benzene rings is 1. The summed E-state index contributed by atoms with van der Waals surface area (Å²) in [6, 6.07) is 2.91. The van der Waals surface area contributed by atoms with E-state index in [1.54, 1.807) is 0 Å². The Labute approximate surface area is 80.5 Å². The number of nitrogens with two attached hydrogens (primary N) is 1. The quantitative estimate of drug-likeness (QED) is 0.680. The fourth-order valence-corrected chi connectivity index (χ4v) is 1.89. The molecule has 0 aromatic heterocycles. The average Bonchev–Trinajstić information content (AvgIpc) is 2.09.